The number of hydrogen-bond acceptors (Lipinski definition) is 7. The number of nitrogens with two attached hydrogens (primary N) is 1. The van der Waals surface area contributed by atoms with Crippen molar-refractivity contribution in [1.82, 2.24) is 14.9 Å². The number of carbonyl (C=O) groups excluding carboxylic acids is 1. The first-order chi connectivity index (χ1) is 12.7. The molecule has 2 aromatic heterocycles. The molecule has 0 radical (unpaired) electrons. The van der Waals surface area contributed by atoms with Gasteiger partial charge in [-0.15, -0.1) is 0 Å². The van der Waals surface area contributed by atoms with E-state index in [1.54, 1.807) is 17.0 Å². The zero-order chi connectivity index (χ0) is 18.1. The van der Waals surface area contributed by atoms with Crippen LogP contribution in [0, 0.1) is 0 Å². The lowest BCUT2D eigenvalue weighted by Crippen LogP contribution is -2.33. The minimum absolute atomic E-state index is 0.134. The van der Waals surface area contributed by atoms with Crippen LogP contribution in [-0.4, -0.2) is 54.1 Å². The molecule has 0 bridgehead atoms. The van der Waals surface area contributed by atoms with Crippen molar-refractivity contribution in [3.8, 4) is 5.95 Å². The highest BCUT2D eigenvalue weighted by Gasteiger charge is 2.27. The fourth-order valence-corrected chi connectivity index (χ4v) is 3.69. The molecule has 0 saturated carbocycles. The van der Waals surface area contributed by atoms with Gasteiger partial charge in [-0.25, -0.2) is 4.98 Å². The number of carbonyl (C=O) groups is 1. The molecule has 0 aliphatic carbocycles. The van der Waals surface area contributed by atoms with E-state index in [0.29, 0.717) is 37.8 Å². The van der Waals surface area contributed by atoms with Gasteiger partial charge in [-0.3, -0.25) is 4.79 Å². The number of nitrogen functional groups attached to an aromatic ring is 1. The molecule has 0 atom stereocenters. The van der Waals surface area contributed by atoms with Crippen molar-refractivity contribution in [2.45, 2.75) is 25.7 Å². The molecule has 0 aromatic carbocycles. The predicted molar refractivity (Wildman–Crippen MR) is 96.5 cm³/mol. The first kappa shape index (κ1) is 16.7. The molecular weight excluding hydrogens is 334 g/mol. The maximum Gasteiger partial charge on any atom is 0.289 e. The summed E-state index contributed by atoms with van der Waals surface area (Å²) >= 11 is 0. The third-order valence-corrected chi connectivity index (χ3v) is 5.02. The van der Waals surface area contributed by atoms with E-state index in [4.69, 9.17) is 14.9 Å². The van der Waals surface area contributed by atoms with Crippen LogP contribution >= 0.6 is 0 Å². The molecule has 2 N–H and O–H groups in total. The lowest BCUT2D eigenvalue weighted by Gasteiger charge is -2.21. The van der Waals surface area contributed by atoms with Crippen LogP contribution in [0.25, 0.3) is 0 Å². The summed E-state index contributed by atoms with van der Waals surface area (Å²) in [5.74, 6) is 1.74. The zero-order valence-electron chi connectivity index (χ0n) is 14.9. The quantitative estimate of drug-likeness (QED) is 0.889. The molecule has 0 spiro atoms. The summed E-state index contributed by atoms with van der Waals surface area (Å²) in [7, 11) is 1.51. The van der Waals surface area contributed by atoms with Gasteiger partial charge in [-0.1, -0.05) is 0 Å². The van der Waals surface area contributed by atoms with E-state index < -0.39 is 0 Å². The molecule has 26 heavy (non-hydrogen) atoms. The number of hydrogen-bond donors (Lipinski definition) is 1. The SMILES string of the molecule is COc1ccc(C(=O)N2CCc3nc(N)nc(N4CCCC4)c3CC2)o1. The molecule has 4 heterocycles. The normalized spacial score (nSPS) is 17.1. The van der Waals surface area contributed by atoms with Crippen molar-refractivity contribution in [2.75, 3.05) is 43.9 Å². The zero-order valence-corrected chi connectivity index (χ0v) is 14.9. The van der Waals surface area contributed by atoms with Crippen LogP contribution in [-0.2, 0) is 12.8 Å². The molecule has 1 saturated heterocycles. The first-order valence-electron chi connectivity index (χ1n) is 8.99. The van der Waals surface area contributed by atoms with Crippen LogP contribution in [0.4, 0.5) is 11.8 Å². The Balaban J connectivity index is 1.57. The van der Waals surface area contributed by atoms with E-state index in [2.05, 4.69) is 14.9 Å². The number of rotatable bonds is 3. The Morgan fingerprint density at radius 1 is 1.15 bits per heavy atom. The monoisotopic (exact) mass is 357 g/mol. The second-order valence-corrected chi connectivity index (χ2v) is 6.64. The fourth-order valence-electron chi connectivity index (χ4n) is 3.69. The number of anilines is 2. The molecule has 2 aliphatic heterocycles. The van der Waals surface area contributed by atoms with E-state index >= 15 is 0 Å². The van der Waals surface area contributed by atoms with E-state index in [0.717, 1.165) is 30.2 Å². The van der Waals surface area contributed by atoms with Crippen LogP contribution in [0.15, 0.2) is 16.5 Å². The van der Waals surface area contributed by atoms with Gasteiger partial charge in [0.15, 0.2) is 5.76 Å². The Kier molecular flexibility index (Phi) is 4.40. The topological polar surface area (TPSA) is 97.7 Å². The van der Waals surface area contributed by atoms with Gasteiger partial charge in [0.25, 0.3) is 11.9 Å². The Labute approximate surface area is 151 Å². The predicted octanol–water partition coefficient (Wildman–Crippen LogP) is 1.50. The summed E-state index contributed by atoms with van der Waals surface area (Å²) in [4.78, 5) is 25.8. The molecular formula is C18H23N5O3. The molecule has 1 fully saturated rings. The molecule has 0 unspecified atom stereocenters. The number of nitrogens with zero attached hydrogens (tertiary/aromatic N) is 4. The van der Waals surface area contributed by atoms with E-state index in [1.165, 1.54) is 20.0 Å². The Bertz CT molecular complexity index is 813. The number of ether oxygens (including phenoxy) is 1. The number of amides is 1. The third-order valence-electron chi connectivity index (χ3n) is 5.02. The highest BCUT2D eigenvalue weighted by Crippen LogP contribution is 2.28. The Morgan fingerprint density at radius 3 is 2.65 bits per heavy atom. The fraction of sp³-hybridized carbons (Fsp3) is 0.500. The Morgan fingerprint density at radius 2 is 1.92 bits per heavy atom. The summed E-state index contributed by atoms with van der Waals surface area (Å²) in [6, 6.07) is 3.30. The molecule has 138 valence electrons. The lowest BCUT2D eigenvalue weighted by molar-refractivity contribution is 0.0724. The van der Waals surface area contributed by atoms with Gasteiger partial charge >= 0.3 is 0 Å². The largest absolute Gasteiger partial charge is 0.468 e. The van der Waals surface area contributed by atoms with Crippen molar-refractivity contribution in [3.63, 3.8) is 0 Å². The van der Waals surface area contributed by atoms with Crippen LogP contribution in [0.1, 0.15) is 34.7 Å². The van der Waals surface area contributed by atoms with Gasteiger partial charge in [-0.2, -0.15) is 4.98 Å². The molecule has 4 rings (SSSR count). The molecule has 8 nitrogen and oxygen atoms in total. The minimum atomic E-state index is -0.134. The summed E-state index contributed by atoms with van der Waals surface area (Å²) in [6.45, 7) is 3.17. The highest BCUT2D eigenvalue weighted by molar-refractivity contribution is 5.91. The summed E-state index contributed by atoms with van der Waals surface area (Å²) in [5, 5.41) is 0. The summed E-state index contributed by atoms with van der Waals surface area (Å²) < 4.78 is 10.4. The first-order valence-corrected chi connectivity index (χ1v) is 8.99. The number of fused-ring (bicyclic) bond motifs is 1. The molecule has 2 aliphatic rings. The van der Waals surface area contributed by atoms with Crippen LogP contribution in [0.5, 0.6) is 5.95 Å². The van der Waals surface area contributed by atoms with E-state index in [9.17, 15) is 4.79 Å². The van der Waals surface area contributed by atoms with Gasteiger partial charge < -0.3 is 24.7 Å². The average Bonchev–Trinajstić information content (AvgIpc) is 3.29. The lowest BCUT2D eigenvalue weighted by atomic mass is 10.1. The maximum absolute atomic E-state index is 12.7. The van der Waals surface area contributed by atoms with Crippen molar-refractivity contribution in [2.24, 2.45) is 0 Å². The van der Waals surface area contributed by atoms with Crippen LogP contribution < -0.4 is 15.4 Å². The number of aromatic nitrogens is 2. The smallest absolute Gasteiger partial charge is 0.289 e. The van der Waals surface area contributed by atoms with Crippen LogP contribution in [0.3, 0.4) is 0 Å². The van der Waals surface area contributed by atoms with Crippen molar-refractivity contribution in [3.05, 3.63) is 29.2 Å². The van der Waals surface area contributed by atoms with Crippen molar-refractivity contribution >= 4 is 17.7 Å². The third kappa shape index (κ3) is 3.07. The number of furan rings is 1. The van der Waals surface area contributed by atoms with Crippen LogP contribution in [0.2, 0.25) is 0 Å². The molecule has 1 amide bonds. The second kappa shape index (κ2) is 6.86. The number of methoxy groups -OCH3 is 1. The molecule has 2 aromatic rings. The Hall–Kier alpha value is -2.77. The minimum Gasteiger partial charge on any atom is -0.468 e. The summed E-state index contributed by atoms with van der Waals surface area (Å²) in [5.41, 5.74) is 8.02. The van der Waals surface area contributed by atoms with Gasteiger partial charge in [0.1, 0.15) is 5.82 Å². The second-order valence-electron chi connectivity index (χ2n) is 6.64. The van der Waals surface area contributed by atoms with Gasteiger partial charge in [-0.05, 0) is 25.3 Å². The standard InChI is InChI=1S/C18H23N5O3/c1-25-15-5-4-14(26-15)17(24)23-10-6-12-13(7-11-23)20-18(19)21-16(12)22-8-2-3-9-22/h4-5H,2-3,6-11H2,1H3,(H2,19,20,21). The summed E-state index contributed by atoms with van der Waals surface area (Å²) in [6.07, 6.45) is 3.71. The van der Waals surface area contributed by atoms with Crippen molar-refractivity contribution in [1.29, 1.82) is 0 Å². The van der Waals surface area contributed by atoms with Gasteiger partial charge in [0.2, 0.25) is 5.95 Å². The van der Waals surface area contributed by atoms with Crippen molar-refractivity contribution < 1.29 is 13.9 Å². The average molecular weight is 357 g/mol. The van der Waals surface area contributed by atoms with Gasteiger partial charge in [0, 0.05) is 44.2 Å². The highest BCUT2D eigenvalue weighted by atomic mass is 16.6. The van der Waals surface area contributed by atoms with Gasteiger partial charge in [0.05, 0.1) is 12.8 Å². The maximum atomic E-state index is 12.7. The van der Waals surface area contributed by atoms with E-state index in [-0.39, 0.29) is 11.7 Å². The van der Waals surface area contributed by atoms with E-state index in [1.807, 2.05) is 0 Å². The molecule has 8 heteroatoms.